The molecule has 0 N–H and O–H groups in total. The van der Waals surface area contributed by atoms with E-state index < -0.39 is 0 Å². The van der Waals surface area contributed by atoms with Crippen LogP contribution < -0.4 is 4.90 Å². The van der Waals surface area contributed by atoms with Gasteiger partial charge < -0.3 is 4.90 Å². The fraction of sp³-hybridized carbons (Fsp3) is 0.364. The van der Waals surface area contributed by atoms with Crippen molar-refractivity contribution in [2.45, 2.75) is 13.3 Å². The number of ketones is 1. The lowest BCUT2D eigenvalue weighted by Gasteiger charge is -2.12. The number of carbonyl (C=O) groups excluding carboxylic acids is 1. The minimum absolute atomic E-state index is 0.198. The van der Waals surface area contributed by atoms with Crippen LogP contribution in [0.5, 0.6) is 0 Å². The van der Waals surface area contributed by atoms with E-state index in [-0.39, 0.29) is 5.78 Å². The number of carbonyl (C=O) groups is 1. The van der Waals surface area contributed by atoms with Gasteiger partial charge >= 0.3 is 0 Å². The van der Waals surface area contributed by atoms with Crippen LogP contribution in [0.2, 0.25) is 0 Å². The maximum Gasteiger partial charge on any atom is 0.162 e. The van der Waals surface area contributed by atoms with Crippen molar-refractivity contribution in [3.63, 3.8) is 0 Å². The van der Waals surface area contributed by atoms with Crippen LogP contribution in [0.3, 0.4) is 0 Å². The molecule has 1 aromatic rings. The van der Waals surface area contributed by atoms with Crippen LogP contribution in [0.15, 0.2) is 24.3 Å². The summed E-state index contributed by atoms with van der Waals surface area (Å²) in [6.07, 6.45) is 0.566. The number of Topliss-reactive ketones (excluding diaryl/α,β-unsaturated/α-hetero) is 1. The normalized spacial score (nSPS) is 9.77. The predicted octanol–water partition coefficient (Wildman–Crippen LogP) is 2.35. The van der Waals surface area contributed by atoms with Gasteiger partial charge in [-0.2, -0.15) is 0 Å². The Balaban J connectivity index is 2.98. The lowest BCUT2D eigenvalue weighted by molar-refractivity contribution is 0.0988. The zero-order valence-corrected chi connectivity index (χ0v) is 8.37. The Morgan fingerprint density at radius 2 is 2.08 bits per heavy atom. The average Bonchev–Trinajstić information content (AvgIpc) is 2.17. The fourth-order valence-corrected chi connectivity index (χ4v) is 1.16. The minimum atomic E-state index is 0.198. The zero-order chi connectivity index (χ0) is 9.84. The Morgan fingerprint density at radius 1 is 1.38 bits per heavy atom. The van der Waals surface area contributed by atoms with E-state index in [9.17, 15) is 4.79 Å². The quantitative estimate of drug-likeness (QED) is 0.660. The molecule has 2 heteroatoms. The van der Waals surface area contributed by atoms with E-state index in [1.165, 1.54) is 0 Å². The molecule has 13 heavy (non-hydrogen) atoms. The van der Waals surface area contributed by atoms with Crippen LogP contribution in [0.1, 0.15) is 23.7 Å². The van der Waals surface area contributed by atoms with Gasteiger partial charge in [0.1, 0.15) is 0 Å². The van der Waals surface area contributed by atoms with Gasteiger partial charge in [0.05, 0.1) is 0 Å². The van der Waals surface area contributed by atoms with Gasteiger partial charge in [-0.1, -0.05) is 19.1 Å². The third-order valence-electron chi connectivity index (χ3n) is 2.01. The van der Waals surface area contributed by atoms with E-state index in [0.29, 0.717) is 6.42 Å². The fourth-order valence-electron chi connectivity index (χ4n) is 1.16. The van der Waals surface area contributed by atoms with Gasteiger partial charge in [0.2, 0.25) is 0 Å². The van der Waals surface area contributed by atoms with E-state index in [0.717, 1.165) is 11.3 Å². The number of nitrogens with zero attached hydrogens (tertiary/aromatic N) is 1. The van der Waals surface area contributed by atoms with Gasteiger partial charge in [-0.05, 0) is 12.1 Å². The summed E-state index contributed by atoms with van der Waals surface area (Å²) in [6.45, 7) is 1.88. The molecule has 0 heterocycles. The second kappa shape index (κ2) is 4.08. The summed E-state index contributed by atoms with van der Waals surface area (Å²) in [5, 5.41) is 0. The van der Waals surface area contributed by atoms with Crippen LogP contribution in [0.25, 0.3) is 0 Å². The molecule has 0 unspecified atom stereocenters. The van der Waals surface area contributed by atoms with E-state index >= 15 is 0 Å². The summed E-state index contributed by atoms with van der Waals surface area (Å²) in [5.74, 6) is 0.198. The first-order valence-corrected chi connectivity index (χ1v) is 4.45. The van der Waals surface area contributed by atoms with Crippen LogP contribution in [-0.2, 0) is 0 Å². The second-order valence-corrected chi connectivity index (χ2v) is 3.22. The first-order valence-electron chi connectivity index (χ1n) is 4.45. The van der Waals surface area contributed by atoms with Gasteiger partial charge in [-0.15, -0.1) is 0 Å². The number of rotatable bonds is 3. The highest BCUT2D eigenvalue weighted by molar-refractivity contribution is 5.96. The first-order chi connectivity index (χ1) is 6.15. The standard InChI is InChI=1S/C11H15NO/c1-4-11(13)9-6-5-7-10(8-9)12(2)3/h5-8H,4H2,1-3H3. The van der Waals surface area contributed by atoms with Gasteiger partial charge in [0.15, 0.2) is 5.78 Å². The first kappa shape index (κ1) is 9.78. The number of anilines is 1. The molecule has 1 rings (SSSR count). The summed E-state index contributed by atoms with van der Waals surface area (Å²) < 4.78 is 0. The van der Waals surface area contributed by atoms with Crippen molar-refractivity contribution in [2.24, 2.45) is 0 Å². The number of hydrogen-bond acceptors (Lipinski definition) is 2. The van der Waals surface area contributed by atoms with Crippen LogP contribution in [0.4, 0.5) is 5.69 Å². The van der Waals surface area contributed by atoms with Crippen LogP contribution in [-0.4, -0.2) is 19.9 Å². The highest BCUT2D eigenvalue weighted by atomic mass is 16.1. The van der Waals surface area contributed by atoms with Gasteiger partial charge in [-0.3, -0.25) is 4.79 Å². The van der Waals surface area contributed by atoms with Crippen molar-refractivity contribution in [1.29, 1.82) is 0 Å². The third kappa shape index (κ3) is 2.31. The molecule has 0 spiro atoms. The molecule has 0 aliphatic carbocycles. The van der Waals surface area contributed by atoms with Gasteiger partial charge in [0.25, 0.3) is 0 Å². The molecule has 0 aliphatic rings. The lowest BCUT2D eigenvalue weighted by Crippen LogP contribution is -2.09. The van der Waals surface area contributed by atoms with Crippen molar-refractivity contribution in [3.05, 3.63) is 29.8 Å². The van der Waals surface area contributed by atoms with E-state index in [4.69, 9.17) is 0 Å². The van der Waals surface area contributed by atoms with E-state index in [2.05, 4.69) is 0 Å². The highest BCUT2D eigenvalue weighted by Crippen LogP contribution is 2.14. The summed E-state index contributed by atoms with van der Waals surface area (Å²) in [5.41, 5.74) is 1.87. The Morgan fingerprint density at radius 3 is 2.62 bits per heavy atom. The Hall–Kier alpha value is -1.31. The lowest BCUT2D eigenvalue weighted by atomic mass is 10.1. The molecular weight excluding hydrogens is 162 g/mol. The summed E-state index contributed by atoms with van der Waals surface area (Å²) in [4.78, 5) is 13.4. The van der Waals surface area contributed by atoms with Gasteiger partial charge in [0, 0.05) is 31.8 Å². The molecule has 0 amide bonds. The molecule has 0 saturated heterocycles. The van der Waals surface area contributed by atoms with Crippen molar-refractivity contribution >= 4 is 11.5 Å². The molecule has 0 bridgehead atoms. The molecule has 0 saturated carbocycles. The maximum absolute atomic E-state index is 11.4. The van der Waals surface area contributed by atoms with E-state index in [1.54, 1.807) is 0 Å². The minimum Gasteiger partial charge on any atom is -0.378 e. The van der Waals surface area contributed by atoms with Crippen molar-refractivity contribution in [3.8, 4) is 0 Å². The summed E-state index contributed by atoms with van der Waals surface area (Å²) >= 11 is 0. The largest absolute Gasteiger partial charge is 0.378 e. The smallest absolute Gasteiger partial charge is 0.162 e. The van der Waals surface area contributed by atoms with Crippen LogP contribution >= 0.6 is 0 Å². The third-order valence-corrected chi connectivity index (χ3v) is 2.01. The molecule has 2 nitrogen and oxygen atoms in total. The van der Waals surface area contributed by atoms with Crippen molar-refractivity contribution < 1.29 is 4.79 Å². The highest BCUT2D eigenvalue weighted by Gasteiger charge is 2.03. The average molecular weight is 177 g/mol. The van der Waals surface area contributed by atoms with Crippen LogP contribution in [0, 0.1) is 0 Å². The molecule has 0 aromatic heterocycles. The zero-order valence-electron chi connectivity index (χ0n) is 8.37. The van der Waals surface area contributed by atoms with E-state index in [1.807, 2.05) is 50.2 Å². The summed E-state index contributed by atoms with van der Waals surface area (Å²) in [6, 6.07) is 7.69. The molecule has 1 aromatic carbocycles. The predicted molar refractivity (Wildman–Crippen MR) is 55.4 cm³/mol. The number of hydrogen-bond donors (Lipinski definition) is 0. The molecule has 0 fully saturated rings. The molecule has 0 aliphatic heterocycles. The van der Waals surface area contributed by atoms with Gasteiger partial charge in [-0.25, -0.2) is 0 Å². The molecule has 0 atom stereocenters. The SMILES string of the molecule is CCC(=O)c1cccc(N(C)C)c1. The van der Waals surface area contributed by atoms with Crippen molar-refractivity contribution in [2.75, 3.05) is 19.0 Å². The second-order valence-electron chi connectivity index (χ2n) is 3.22. The van der Waals surface area contributed by atoms with Crippen molar-refractivity contribution in [1.82, 2.24) is 0 Å². The topological polar surface area (TPSA) is 20.3 Å². The molecular formula is C11H15NO. The maximum atomic E-state index is 11.4. The monoisotopic (exact) mass is 177 g/mol. The number of benzene rings is 1. The molecule has 0 radical (unpaired) electrons. The Kier molecular flexibility index (Phi) is 3.07. The molecule has 70 valence electrons. The Bertz CT molecular complexity index is 305. The summed E-state index contributed by atoms with van der Waals surface area (Å²) in [7, 11) is 3.94. The Labute approximate surface area is 79.2 Å².